The Kier molecular flexibility index (Phi) is 14.0. The third-order valence-corrected chi connectivity index (χ3v) is 7.25. The Hall–Kier alpha value is -4.44. The molecule has 0 radical (unpaired) electrons. The molecule has 248 valence electrons. The zero-order chi connectivity index (χ0) is 33.4. The molecule has 4 aromatic rings. The first-order chi connectivity index (χ1) is 22.8. The van der Waals surface area contributed by atoms with E-state index in [0.29, 0.717) is 71.4 Å². The summed E-state index contributed by atoms with van der Waals surface area (Å²) in [7, 11) is 0. The molecule has 1 N–H and O–H groups in total. The van der Waals surface area contributed by atoms with Gasteiger partial charge in [-0.15, -0.1) is 0 Å². The molecule has 1 amide bonds. The molecule has 0 bridgehead atoms. The van der Waals surface area contributed by atoms with Gasteiger partial charge < -0.3 is 33.7 Å². The van der Waals surface area contributed by atoms with Crippen LogP contribution in [0.4, 0.5) is 4.79 Å². The second kappa shape index (κ2) is 18.6. The predicted molar refractivity (Wildman–Crippen MR) is 180 cm³/mol. The highest BCUT2D eigenvalue weighted by molar-refractivity contribution is 6.34. The Morgan fingerprint density at radius 1 is 0.723 bits per heavy atom. The number of aliphatic carboxylic acids is 1. The third-order valence-electron chi connectivity index (χ3n) is 6.81. The fraction of sp³-hybridized carbons (Fsp3) is 0.278. The number of benzene rings is 4. The van der Waals surface area contributed by atoms with Crippen LogP contribution in [0.5, 0.6) is 28.7 Å². The molecule has 0 aliphatic rings. The summed E-state index contributed by atoms with van der Waals surface area (Å²) in [5, 5.41) is 10.3. The second-order valence-corrected chi connectivity index (χ2v) is 11.3. The summed E-state index contributed by atoms with van der Waals surface area (Å²) in [5.74, 6) is 1.86. The number of para-hydroxylation sites is 1. The molecule has 0 aliphatic carbocycles. The van der Waals surface area contributed by atoms with E-state index in [4.69, 9.17) is 46.9 Å². The monoisotopic (exact) mass is 681 g/mol. The first-order valence-corrected chi connectivity index (χ1v) is 16.0. The Balaban J connectivity index is 1.31. The average molecular weight is 683 g/mol. The van der Waals surface area contributed by atoms with E-state index >= 15 is 0 Å². The number of carbonyl (C=O) groups is 2. The molecule has 0 aliphatic heterocycles. The maximum Gasteiger partial charge on any atom is 0.415 e. The number of carboxylic acid groups (broad SMARTS) is 1. The number of rotatable bonds is 18. The van der Waals surface area contributed by atoms with Crippen molar-refractivity contribution < 1.29 is 38.4 Å². The van der Waals surface area contributed by atoms with Crippen molar-refractivity contribution in [3.63, 3.8) is 0 Å². The minimum Gasteiger partial charge on any atom is -0.493 e. The summed E-state index contributed by atoms with van der Waals surface area (Å²) in [6, 6.07) is 28.4. The lowest BCUT2D eigenvalue weighted by molar-refractivity contribution is -0.149. The third kappa shape index (κ3) is 12.4. The van der Waals surface area contributed by atoms with E-state index in [1.807, 2.05) is 30.3 Å². The van der Waals surface area contributed by atoms with Crippen LogP contribution in [-0.2, 0) is 16.0 Å². The van der Waals surface area contributed by atoms with Gasteiger partial charge in [0, 0.05) is 29.6 Å². The van der Waals surface area contributed by atoms with Crippen LogP contribution in [0, 0.1) is 0 Å². The molecule has 0 aromatic heterocycles. The van der Waals surface area contributed by atoms with Gasteiger partial charge in [0.2, 0.25) is 0 Å². The van der Waals surface area contributed by atoms with E-state index in [1.54, 1.807) is 78.6 Å². The van der Waals surface area contributed by atoms with E-state index in [-0.39, 0.29) is 19.6 Å². The molecule has 4 rings (SSSR count). The van der Waals surface area contributed by atoms with Crippen LogP contribution in [0.1, 0.15) is 25.3 Å². The van der Waals surface area contributed by atoms with Crippen LogP contribution < -0.4 is 18.9 Å². The minimum atomic E-state index is -1.00. The number of carboxylic acids is 1. The van der Waals surface area contributed by atoms with Gasteiger partial charge >= 0.3 is 12.1 Å². The molecule has 0 saturated carbocycles. The summed E-state index contributed by atoms with van der Waals surface area (Å²) in [6.07, 6.45) is 0.135. The zero-order valence-electron chi connectivity index (χ0n) is 26.0. The van der Waals surface area contributed by atoms with Crippen molar-refractivity contribution in [3.8, 4) is 28.7 Å². The number of ether oxygens (including phenoxy) is 5. The largest absolute Gasteiger partial charge is 0.493 e. The Morgan fingerprint density at radius 2 is 1.34 bits per heavy atom. The maximum absolute atomic E-state index is 13.2. The van der Waals surface area contributed by atoms with Crippen molar-refractivity contribution in [2.45, 2.75) is 32.3 Å². The molecule has 0 fully saturated rings. The van der Waals surface area contributed by atoms with Gasteiger partial charge in [0.15, 0.2) is 6.10 Å². The van der Waals surface area contributed by atoms with Gasteiger partial charge in [-0.1, -0.05) is 53.5 Å². The second-order valence-electron chi connectivity index (χ2n) is 10.4. The Labute approximate surface area is 284 Å². The minimum absolute atomic E-state index is 0.215. The number of carbonyl (C=O) groups excluding carboxylic acids is 1. The summed E-state index contributed by atoms with van der Waals surface area (Å²) >= 11 is 12.1. The summed E-state index contributed by atoms with van der Waals surface area (Å²) in [5.41, 5.74) is 0.811. The number of halogens is 2. The van der Waals surface area contributed by atoms with E-state index in [2.05, 4.69) is 0 Å². The number of hydrogen-bond acceptors (Lipinski definition) is 7. The fourth-order valence-electron chi connectivity index (χ4n) is 4.49. The van der Waals surface area contributed by atoms with Crippen LogP contribution >= 0.6 is 23.2 Å². The molecule has 11 heteroatoms. The molecule has 47 heavy (non-hydrogen) atoms. The first kappa shape index (κ1) is 35.4. The van der Waals surface area contributed by atoms with Crippen LogP contribution in [-0.4, -0.2) is 61.1 Å². The highest BCUT2D eigenvalue weighted by Gasteiger charge is 2.19. The first-order valence-electron chi connectivity index (χ1n) is 15.2. The van der Waals surface area contributed by atoms with Crippen LogP contribution in [0.2, 0.25) is 10.0 Å². The predicted octanol–water partition coefficient (Wildman–Crippen LogP) is 8.56. The quantitative estimate of drug-likeness (QED) is 0.104. The molecular formula is C36H37Cl2NO8. The Morgan fingerprint density at radius 3 is 2.00 bits per heavy atom. The zero-order valence-corrected chi connectivity index (χ0v) is 27.5. The maximum atomic E-state index is 13.2. The summed E-state index contributed by atoms with van der Waals surface area (Å²) < 4.78 is 28.5. The standard InChI is InChI=1S/C36H37Cl2NO8/c1-2-43-34(35(40)41)22-26-10-12-29(13-11-26)45-21-19-39(18-6-7-20-44-33-24-27(37)23-28(38)25-33)36(42)47-32-16-14-31(15-17-32)46-30-8-4-3-5-9-30/h3-5,8-17,23-25,34H,2,6-7,18-22H2,1H3,(H,40,41). The van der Waals surface area contributed by atoms with Crippen molar-refractivity contribution >= 4 is 35.3 Å². The van der Waals surface area contributed by atoms with Crippen molar-refractivity contribution in [3.05, 3.63) is 113 Å². The number of amides is 1. The SMILES string of the molecule is CCOC(Cc1ccc(OCCN(CCCCOc2cc(Cl)cc(Cl)c2)C(=O)Oc2ccc(Oc3ccccc3)cc2)cc1)C(=O)O. The average Bonchev–Trinajstić information content (AvgIpc) is 3.05. The summed E-state index contributed by atoms with van der Waals surface area (Å²) in [4.78, 5) is 26.2. The van der Waals surface area contributed by atoms with Gasteiger partial charge in [-0.05, 0) is 92.1 Å². The van der Waals surface area contributed by atoms with Gasteiger partial charge in [-0.25, -0.2) is 9.59 Å². The van der Waals surface area contributed by atoms with Crippen LogP contribution in [0.25, 0.3) is 0 Å². The van der Waals surface area contributed by atoms with Crippen molar-refractivity contribution in [1.29, 1.82) is 0 Å². The Bertz CT molecular complexity index is 1530. The molecule has 0 heterocycles. The van der Waals surface area contributed by atoms with Gasteiger partial charge in [-0.2, -0.15) is 0 Å². The van der Waals surface area contributed by atoms with Crippen molar-refractivity contribution in [2.75, 3.05) is 32.9 Å². The highest BCUT2D eigenvalue weighted by atomic mass is 35.5. The van der Waals surface area contributed by atoms with Crippen LogP contribution in [0.3, 0.4) is 0 Å². The smallest absolute Gasteiger partial charge is 0.415 e. The molecule has 1 unspecified atom stereocenters. The van der Waals surface area contributed by atoms with Gasteiger partial charge in [-0.3, -0.25) is 0 Å². The van der Waals surface area contributed by atoms with E-state index in [1.165, 1.54) is 0 Å². The molecule has 4 aromatic carbocycles. The van der Waals surface area contributed by atoms with E-state index in [9.17, 15) is 14.7 Å². The lowest BCUT2D eigenvalue weighted by atomic mass is 10.1. The lowest BCUT2D eigenvalue weighted by Gasteiger charge is -2.22. The summed E-state index contributed by atoms with van der Waals surface area (Å²) in [6.45, 7) is 3.38. The molecule has 0 spiro atoms. The molecule has 1 atom stereocenters. The van der Waals surface area contributed by atoms with Gasteiger partial charge in [0.05, 0.1) is 13.2 Å². The fourth-order valence-corrected chi connectivity index (χ4v) is 5.00. The lowest BCUT2D eigenvalue weighted by Crippen LogP contribution is -2.37. The normalized spacial score (nSPS) is 11.4. The molecule has 9 nitrogen and oxygen atoms in total. The van der Waals surface area contributed by atoms with E-state index < -0.39 is 18.2 Å². The number of hydrogen-bond donors (Lipinski definition) is 1. The number of unbranched alkanes of at least 4 members (excludes halogenated alkanes) is 1. The van der Waals surface area contributed by atoms with Gasteiger partial charge in [0.25, 0.3) is 0 Å². The highest BCUT2D eigenvalue weighted by Crippen LogP contribution is 2.25. The van der Waals surface area contributed by atoms with Gasteiger partial charge in [0.1, 0.15) is 35.4 Å². The molecular weight excluding hydrogens is 645 g/mol. The molecule has 0 saturated heterocycles. The van der Waals surface area contributed by atoms with Crippen LogP contribution in [0.15, 0.2) is 97.1 Å². The number of nitrogens with zero attached hydrogens (tertiary/aromatic N) is 1. The van der Waals surface area contributed by atoms with Crippen molar-refractivity contribution in [1.82, 2.24) is 4.90 Å². The van der Waals surface area contributed by atoms with Crippen molar-refractivity contribution in [2.24, 2.45) is 0 Å². The topological polar surface area (TPSA) is 104 Å². The van der Waals surface area contributed by atoms with E-state index in [0.717, 1.165) is 5.56 Å².